The van der Waals surface area contributed by atoms with E-state index in [1.165, 1.54) is 0 Å². The third kappa shape index (κ3) is 5.69. The highest BCUT2D eigenvalue weighted by Gasteiger charge is 2.18. The fraction of sp³-hybridized carbons (Fsp3) is 0.923. The molecule has 0 N–H and O–H groups in total. The van der Waals surface area contributed by atoms with Crippen molar-refractivity contribution in [3.8, 4) is 0 Å². The lowest BCUT2D eigenvalue weighted by Crippen LogP contribution is -2.49. The minimum absolute atomic E-state index is 0.733. The molecule has 0 aromatic heterocycles. The van der Waals surface area contributed by atoms with Crippen LogP contribution in [-0.4, -0.2) is 75.9 Å². The number of methoxy groups -OCH3 is 1. The third-order valence-corrected chi connectivity index (χ3v) is 2.72. The monoisotopic (exact) mass is 259 g/mol. The zero-order valence-corrected chi connectivity index (χ0v) is 12.6. The summed E-state index contributed by atoms with van der Waals surface area (Å²) < 4.78 is 10.5. The van der Waals surface area contributed by atoms with Crippen molar-refractivity contribution in [1.82, 2.24) is 9.80 Å². The van der Waals surface area contributed by atoms with Gasteiger partial charge in [-0.15, -0.1) is 0 Å². The zero-order chi connectivity index (χ0) is 13.8. The first-order valence-corrected chi connectivity index (χ1v) is 6.86. The number of hydrogen-bond acceptors (Lipinski definition) is 3. The lowest BCUT2D eigenvalue weighted by Gasteiger charge is -2.35. The SMILES string of the molecule is CC.CCN(CCOC)C(=NC)N1CCOCC1. The Kier molecular flexibility index (Phi) is 10.8. The molecule has 1 aliphatic heterocycles. The summed E-state index contributed by atoms with van der Waals surface area (Å²) in [5.74, 6) is 1.06. The van der Waals surface area contributed by atoms with Gasteiger partial charge < -0.3 is 19.3 Å². The number of aliphatic imine (C=N–C) groups is 1. The fourth-order valence-electron chi connectivity index (χ4n) is 1.85. The molecule has 0 aliphatic carbocycles. The summed E-state index contributed by atoms with van der Waals surface area (Å²) in [5.41, 5.74) is 0. The van der Waals surface area contributed by atoms with Crippen LogP contribution in [0.2, 0.25) is 0 Å². The summed E-state index contributed by atoms with van der Waals surface area (Å²) in [5, 5.41) is 0. The van der Waals surface area contributed by atoms with E-state index in [2.05, 4.69) is 21.7 Å². The normalized spacial score (nSPS) is 16.1. The van der Waals surface area contributed by atoms with Gasteiger partial charge in [-0.25, -0.2) is 0 Å². The van der Waals surface area contributed by atoms with Crippen molar-refractivity contribution >= 4 is 5.96 Å². The summed E-state index contributed by atoms with van der Waals surface area (Å²) >= 11 is 0. The predicted molar refractivity (Wildman–Crippen MR) is 76.2 cm³/mol. The highest BCUT2D eigenvalue weighted by atomic mass is 16.5. The van der Waals surface area contributed by atoms with Crippen LogP contribution in [0.5, 0.6) is 0 Å². The van der Waals surface area contributed by atoms with Gasteiger partial charge in [-0.05, 0) is 6.92 Å². The summed E-state index contributed by atoms with van der Waals surface area (Å²) in [6.07, 6.45) is 0. The van der Waals surface area contributed by atoms with Gasteiger partial charge in [0.15, 0.2) is 5.96 Å². The van der Waals surface area contributed by atoms with E-state index in [0.29, 0.717) is 0 Å². The van der Waals surface area contributed by atoms with Crippen LogP contribution >= 0.6 is 0 Å². The lowest BCUT2D eigenvalue weighted by molar-refractivity contribution is 0.0610. The van der Waals surface area contributed by atoms with Gasteiger partial charge in [-0.2, -0.15) is 0 Å². The van der Waals surface area contributed by atoms with E-state index in [-0.39, 0.29) is 0 Å². The maximum absolute atomic E-state index is 5.35. The van der Waals surface area contributed by atoms with Gasteiger partial charge in [0.05, 0.1) is 19.8 Å². The van der Waals surface area contributed by atoms with E-state index in [4.69, 9.17) is 9.47 Å². The second kappa shape index (κ2) is 11.3. The number of nitrogens with zero attached hydrogens (tertiary/aromatic N) is 3. The second-order valence-corrected chi connectivity index (χ2v) is 3.70. The van der Waals surface area contributed by atoms with Crippen LogP contribution < -0.4 is 0 Å². The van der Waals surface area contributed by atoms with Crippen LogP contribution in [0.4, 0.5) is 0 Å². The number of ether oxygens (including phenoxy) is 2. The van der Waals surface area contributed by atoms with Crippen LogP contribution in [0.25, 0.3) is 0 Å². The van der Waals surface area contributed by atoms with Gasteiger partial charge in [-0.3, -0.25) is 4.99 Å². The first-order valence-electron chi connectivity index (χ1n) is 6.86. The van der Waals surface area contributed by atoms with E-state index >= 15 is 0 Å². The van der Waals surface area contributed by atoms with Gasteiger partial charge in [0.1, 0.15) is 0 Å². The highest BCUT2D eigenvalue weighted by Crippen LogP contribution is 2.03. The molecule has 1 rings (SSSR count). The van der Waals surface area contributed by atoms with Crippen molar-refractivity contribution in [3.63, 3.8) is 0 Å². The highest BCUT2D eigenvalue weighted by molar-refractivity contribution is 5.80. The summed E-state index contributed by atoms with van der Waals surface area (Å²) in [6.45, 7) is 12.1. The van der Waals surface area contributed by atoms with Crippen molar-refractivity contribution in [2.45, 2.75) is 20.8 Å². The summed E-state index contributed by atoms with van der Waals surface area (Å²) in [4.78, 5) is 8.92. The lowest BCUT2D eigenvalue weighted by atomic mass is 10.4. The topological polar surface area (TPSA) is 37.3 Å². The summed E-state index contributed by atoms with van der Waals surface area (Å²) in [7, 11) is 3.57. The average molecular weight is 259 g/mol. The van der Waals surface area contributed by atoms with Gasteiger partial charge >= 0.3 is 0 Å². The van der Waals surface area contributed by atoms with Crippen molar-refractivity contribution < 1.29 is 9.47 Å². The molecule has 0 aromatic rings. The maximum atomic E-state index is 5.35. The van der Waals surface area contributed by atoms with Crippen molar-refractivity contribution in [1.29, 1.82) is 0 Å². The van der Waals surface area contributed by atoms with Crippen LogP contribution in [0, 0.1) is 0 Å². The van der Waals surface area contributed by atoms with Gasteiger partial charge in [0.2, 0.25) is 0 Å². The van der Waals surface area contributed by atoms with Crippen molar-refractivity contribution in [2.75, 3.05) is 60.2 Å². The molecule has 5 nitrogen and oxygen atoms in total. The van der Waals surface area contributed by atoms with Crippen LogP contribution in [0.1, 0.15) is 20.8 Å². The minimum atomic E-state index is 0.733. The average Bonchev–Trinajstić information content (AvgIpc) is 2.46. The Bertz CT molecular complexity index is 216. The number of morpholine rings is 1. The molecule has 0 atom stereocenters. The Hall–Kier alpha value is -0.810. The molecule has 0 radical (unpaired) electrons. The van der Waals surface area contributed by atoms with Gasteiger partial charge in [0.25, 0.3) is 0 Å². The molecule has 0 amide bonds. The quantitative estimate of drug-likeness (QED) is 0.563. The summed E-state index contributed by atoms with van der Waals surface area (Å²) in [6, 6.07) is 0. The Balaban J connectivity index is 0.00000137. The Morgan fingerprint density at radius 1 is 1.33 bits per heavy atom. The molecule has 1 heterocycles. The van der Waals surface area contributed by atoms with Crippen LogP contribution in [0.3, 0.4) is 0 Å². The molecule has 0 spiro atoms. The molecule has 1 fully saturated rings. The molecular formula is C13H29N3O2. The second-order valence-electron chi connectivity index (χ2n) is 3.70. The maximum Gasteiger partial charge on any atom is 0.196 e. The molecule has 108 valence electrons. The molecule has 5 heteroatoms. The smallest absolute Gasteiger partial charge is 0.196 e. The zero-order valence-electron chi connectivity index (χ0n) is 12.6. The van der Waals surface area contributed by atoms with E-state index in [9.17, 15) is 0 Å². The van der Waals surface area contributed by atoms with E-state index in [0.717, 1.165) is 52.0 Å². The molecule has 18 heavy (non-hydrogen) atoms. The molecule has 0 unspecified atom stereocenters. The molecule has 1 aliphatic rings. The Morgan fingerprint density at radius 3 is 2.39 bits per heavy atom. The fourth-order valence-corrected chi connectivity index (χ4v) is 1.85. The number of guanidine groups is 1. The first kappa shape index (κ1) is 17.2. The van der Waals surface area contributed by atoms with Crippen LogP contribution in [0.15, 0.2) is 4.99 Å². The number of likely N-dealkylation sites (N-methyl/N-ethyl adjacent to an activating group) is 1. The third-order valence-electron chi connectivity index (χ3n) is 2.72. The van der Waals surface area contributed by atoms with Gasteiger partial charge in [-0.1, -0.05) is 13.8 Å². The number of hydrogen-bond donors (Lipinski definition) is 0. The molecule has 0 aromatic carbocycles. The molecule has 0 saturated carbocycles. The first-order chi connectivity index (χ1) is 8.83. The van der Waals surface area contributed by atoms with Gasteiger partial charge in [0, 0.05) is 40.3 Å². The van der Waals surface area contributed by atoms with Crippen LogP contribution in [-0.2, 0) is 9.47 Å². The predicted octanol–water partition coefficient (Wildman–Crippen LogP) is 1.30. The van der Waals surface area contributed by atoms with Crippen molar-refractivity contribution in [2.24, 2.45) is 4.99 Å². The minimum Gasteiger partial charge on any atom is -0.383 e. The molecular weight excluding hydrogens is 230 g/mol. The standard InChI is InChI=1S/C11H23N3O2.C2H6/c1-4-13(5-8-15-3)11(12-2)14-6-9-16-10-7-14;1-2/h4-10H2,1-3H3;1-2H3. The van der Waals surface area contributed by atoms with Crippen molar-refractivity contribution in [3.05, 3.63) is 0 Å². The van der Waals surface area contributed by atoms with E-state index in [1.807, 2.05) is 20.9 Å². The molecule has 1 saturated heterocycles. The van der Waals surface area contributed by atoms with E-state index < -0.39 is 0 Å². The largest absolute Gasteiger partial charge is 0.383 e. The van der Waals surface area contributed by atoms with E-state index in [1.54, 1.807) is 7.11 Å². The number of rotatable bonds is 4. The Labute approximate surface area is 112 Å². The Morgan fingerprint density at radius 2 is 1.94 bits per heavy atom. The molecule has 0 bridgehead atoms.